The van der Waals surface area contributed by atoms with Crippen molar-refractivity contribution < 1.29 is 4.92 Å². The maximum absolute atomic E-state index is 10.7. The lowest BCUT2D eigenvalue weighted by atomic mass is 10.2. The van der Waals surface area contributed by atoms with Crippen LogP contribution in [0.3, 0.4) is 0 Å². The zero-order valence-electron chi connectivity index (χ0n) is 11.4. The minimum absolute atomic E-state index is 0.0180. The van der Waals surface area contributed by atoms with Gasteiger partial charge in [-0.2, -0.15) is 0 Å². The van der Waals surface area contributed by atoms with E-state index in [1.807, 2.05) is 6.20 Å². The molecule has 0 bridgehead atoms. The Morgan fingerprint density at radius 1 is 1.50 bits per heavy atom. The van der Waals surface area contributed by atoms with Crippen LogP contribution in [0.1, 0.15) is 24.6 Å². The van der Waals surface area contributed by atoms with Crippen molar-refractivity contribution >= 4 is 11.5 Å². The number of pyridine rings is 1. The Bertz CT molecular complexity index is 610. The van der Waals surface area contributed by atoms with Crippen molar-refractivity contribution in [1.82, 2.24) is 20.0 Å². The van der Waals surface area contributed by atoms with Gasteiger partial charge < -0.3 is 5.32 Å². The first kappa shape index (κ1) is 13.9. The summed E-state index contributed by atoms with van der Waals surface area (Å²) in [4.78, 5) is 14.3. The lowest BCUT2D eigenvalue weighted by Crippen LogP contribution is -2.03. The van der Waals surface area contributed by atoms with Crippen molar-refractivity contribution in [1.29, 1.82) is 0 Å². The molecule has 1 N–H and O–H groups in total. The fourth-order valence-corrected chi connectivity index (χ4v) is 1.78. The number of hydrogen-bond donors (Lipinski definition) is 1. The third-order valence-electron chi connectivity index (χ3n) is 2.77. The van der Waals surface area contributed by atoms with Crippen molar-refractivity contribution in [3.05, 3.63) is 39.8 Å². The van der Waals surface area contributed by atoms with Gasteiger partial charge >= 0.3 is 0 Å². The highest BCUT2D eigenvalue weighted by Gasteiger charge is 2.11. The van der Waals surface area contributed by atoms with Crippen LogP contribution in [0.2, 0.25) is 0 Å². The Morgan fingerprint density at radius 3 is 2.95 bits per heavy atom. The maximum Gasteiger partial charge on any atom is 0.290 e. The molecule has 8 nitrogen and oxygen atoms in total. The average Bonchev–Trinajstić information content (AvgIpc) is 2.84. The van der Waals surface area contributed by atoms with Gasteiger partial charge in [-0.1, -0.05) is 12.1 Å². The second-order valence-corrected chi connectivity index (χ2v) is 4.44. The van der Waals surface area contributed by atoms with Crippen LogP contribution in [-0.4, -0.2) is 24.9 Å². The second-order valence-electron chi connectivity index (χ2n) is 4.44. The third-order valence-corrected chi connectivity index (χ3v) is 2.77. The first-order chi connectivity index (χ1) is 9.60. The molecule has 2 rings (SSSR count). The fraction of sp³-hybridized carbons (Fsp3) is 0.417. The number of anilines is 1. The average molecular weight is 276 g/mol. The van der Waals surface area contributed by atoms with E-state index in [1.165, 1.54) is 6.20 Å². The first-order valence-electron chi connectivity index (χ1n) is 6.34. The predicted molar refractivity (Wildman–Crippen MR) is 73.3 cm³/mol. The van der Waals surface area contributed by atoms with Crippen LogP contribution >= 0.6 is 0 Å². The molecule has 0 amide bonds. The van der Waals surface area contributed by atoms with E-state index in [1.54, 1.807) is 17.7 Å². The molecule has 0 spiro atoms. The molecule has 8 heteroatoms. The summed E-state index contributed by atoms with van der Waals surface area (Å²) in [6, 6.07) is 1.65. The van der Waals surface area contributed by atoms with Crippen LogP contribution in [0.4, 0.5) is 11.5 Å². The number of aromatic nitrogens is 4. The summed E-state index contributed by atoms with van der Waals surface area (Å²) < 4.78 is 1.78. The van der Waals surface area contributed by atoms with Crippen molar-refractivity contribution in [3.63, 3.8) is 0 Å². The number of hydrogen-bond acceptors (Lipinski definition) is 6. The maximum atomic E-state index is 10.7. The molecule has 0 fully saturated rings. The van der Waals surface area contributed by atoms with E-state index in [-0.39, 0.29) is 5.69 Å². The normalized spacial score (nSPS) is 10.5. The highest BCUT2D eigenvalue weighted by molar-refractivity contribution is 5.46. The summed E-state index contributed by atoms with van der Waals surface area (Å²) in [6.07, 6.45) is 4.12. The van der Waals surface area contributed by atoms with Gasteiger partial charge in [-0.25, -0.2) is 4.98 Å². The highest BCUT2D eigenvalue weighted by Crippen LogP contribution is 2.18. The van der Waals surface area contributed by atoms with Crippen molar-refractivity contribution in [2.75, 3.05) is 5.32 Å². The standard InChI is InChI=1S/C12H16N6O2/c1-3-4-17-8-10(15-16-17)6-13-12-5-9(2)11(7-14-12)18(19)20/h5,7-8H,3-4,6H2,1-2H3,(H,13,14). The third kappa shape index (κ3) is 3.28. The predicted octanol–water partition coefficient (Wildman–Crippen LogP) is 1.91. The van der Waals surface area contributed by atoms with Gasteiger partial charge in [-0.05, 0) is 19.4 Å². The molecule has 2 aromatic heterocycles. The van der Waals surface area contributed by atoms with Gasteiger partial charge in [-0.3, -0.25) is 14.8 Å². The van der Waals surface area contributed by atoms with E-state index in [9.17, 15) is 10.1 Å². The molecule has 2 aromatic rings. The van der Waals surface area contributed by atoms with E-state index < -0.39 is 4.92 Å². The van der Waals surface area contributed by atoms with Crippen LogP contribution < -0.4 is 5.32 Å². The zero-order valence-corrected chi connectivity index (χ0v) is 11.4. The van der Waals surface area contributed by atoms with E-state index in [0.29, 0.717) is 17.9 Å². The highest BCUT2D eigenvalue weighted by atomic mass is 16.6. The summed E-state index contributed by atoms with van der Waals surface area (Å²) in [5.74, 6) is 0.582. The van der Waals surface area contributed by atoms with Gasteiger partial charge in [0.25, 0.3) is 5.69 Å². The minimum atomic E-state index is -0.442. The number of nitro groups is 1. The summed E-state index contributed by atoms with van der Waals surface area (Å²) in [5.41, 5.74) is 1.39. The van der Waals surface area contributed by atoms with E-state index >= 15 is 0 Å². The molecule has 20 heavy (non-hydrogen) atoms. The lowest BCUT2D eigenvalue weighted by Gasteiger charge is -2.04. The topological polar surface area (TPSA) is 98.8 Å². The van der Waals surface area contributed by atoms with Crippen LogP contribution in [0.5, 0.6) is 0 Å². The van der Waals surface area contributed by atoms with Crippen LogP contribution in [0.25, 0.3) is 0 Å². The Hall–Kier alpha value is -2.51. The fourth-order valence-electron chi connectivity index (χ4n) is 1.78. The number of rotatable bonds is 6. The minimum Gasteiger partial charge on any atom is -0.364 e. The lowest BCUT2D eigenvalue weighted by molar-refractivity contribution is -0.385. The molecule has 106 valence electrons. The molecule has 0 unspecified atom stereocenters. The summed E-state index contributed by atoms with van der Waals surface area (Å²) >= 11 is 0. The van der Waals surface area contributed by atoms with Gasteiger partial charge in [0.05, 0.1) is 17.7 Å². The molecular formula is C12H16N6O2. The Kier molecular flexibility index (Phi) is 4.24. The van der Waals surface area contributed by atoms with E-state index in [4.69, 9.17) is 0 Å². The van der Waals surface area contributed by atoms with Crippen molar-refractivity contribution in [2.45, 2.75) is 33.4 Å². The van der Waals surface area contributed by atoms with Gasteiger partial charge in [0.2, 0.25) is 0 Å². The number of nitrogens with one attached hydrogen (secondary N) is 1. The quantitative estimate of drug-likeness (QED) is 0.639. The number of aryl methyl sites for hydroxylation is 2. The zero-order chi connectivity index (χ0) is 14.5. The number of nitrogens with zero attached hydrogens (tertiary/aromatic N) is 5. The summed E-state index contributed by atoms with van der Waals surface area (Å²) in [7, 11) is 0. The van der Waals surface area contributed by atoms with Crippen molar-refractivity contribution in [3.8, 4) is 0 Å². The Morgan fingerprint density at radius 2 is 2.30 bits per heavy atom. The SMILES string of the molecule is CCCn1cc(CNc2cc(C)c([N+](=O)[O-])cn2)nn1. The summed E-state index contributed by atoms with van der Waals surface area (Å²) in [6.45, 7) is 5.07. The molecular weight excluding hydrogens is 260 g/mol. The van der Waals surface area contributed by atoms with Crippen molar-refractivity contribution in [2.24, 2.45) is 0 Å². The molecule has 0 aliphatic carbocycles. The Balaban J connectivity index is 1.99. The Labute approximate surface area is 116 Å². The van der Waals surface area contributed by atoms with Crippen LogP contribution in [0.15, 0.2) is 18.5 Å². The van der Waals surface area contributed by atoms with Gasteiger partial charge in [-0.15, -0.1) is 5.10 Å². The largest absolute Gasteiger partial charge is 0.364 e. The molecule has 0 atom stereocenters. The molecule has 0 radical (unpaired) electrons. The monoisotopic (exact) mass is 276 g/mol. The van der Waals surface area contributed by atoms with Gasteiger partial charge in [0.1, 0.15) is 17.7 Å². The molecule has 0 aromatic carbocycles. The smallest absolute Gasteiger partial charge is 0.290 e. The first-order valence-corrected chi connectivity index (χ1v) is 6.34. The molecule has 0 saturated heterocycles. The second kappa shape index (κ2) is 6.09. The molecule has 2 heterocycles. The summed E-state index contributed by atoms with van der Waals surface area (Å²) in [5, 5.41) is 21.8. The van der Waals surface area contributed by atoms with E-state index in [2.05, 4.69) is 27.5 Å². The molecule has 0 saturated carbocycles. The van der Waals surface area contributed by atoms with Crippen LogP contribution in [-0.2, 0) is 13.1 Å². The molecule has 0 aliphatic heterocycles. The molecule has 0 aliphatic rings. The van der Waals surface area contributed by atoms with Gasteiger partial charge in [0, 0.05) is 12.1 Å². The van der Waals surface area contributed by atoms with E-state index in [0.717, 1.165) is 18.7 Å². The van der Waals surface area contributed by atoms with Gasteiger partial charge in [0.15, 0.2) is 0 Å². The van der Waals surface area contributed by atoms with Crippen LogP contribution in [0, 0.1) is 17.0 Å².